The molecule has 3 heteroatoms. The highest BCUT2D eigenvalue weighted by Crippen LogP contribution is 2.68. The van der Waals surface area contributed by atoms with E-state index in [1.165, 1.54) is 69.8 Å². The first-order chi connectivity index (χ1) is 17.1. The Hall–Kier alpha value is -1.64. The topological polar surface area (TPSA) is 61.3 Å². The van der Waals surface area contributed by atoms with Crippen LogP contribution in [0.2, 0.25) is 0 Å². The molecule has 0 radical (unpaired) electrons. The number of ether oxygens (including phenoxy) is 1. The second-order valence-corrected chi connectivity index (χ2v) is 14.0. The van der Waals surface area contributed by atoms with Crippen LogP contribution in [-0.2, 0) is 0 Å². The largest absolute Gasteiger partial charge is 0.488 e. The molecule has 0 bridgehead atoms. The maximum atomic E-state index is 6.46. The summed E-state index contributed by atoms with van der Waals surface area (Å²) < 4.78 is 6.46. The number of benzene rings is 1. The number of fused-ring (bicyclic) bond motifs is 5. The van der Waals surface area contributed by atoms with E-state index in [4.69, 9.17) is 16.2 Å². The van der Waals surface area contributed by atoms with Crippen LogP contribution < -0.4 is 16.2 Å². The third kappa shape index (κ3) is 4.58. The van der Waals surface area contributed by atoms with Gasteiger partial charge < -0.3 is 16.2 Å². The summed E-state index contributed by atoms with van der Waals surface area (Å²) >= 11 is 0. The van der Waals surface area contributed by atoms with Gasteiger partial charge in [0.25, 0.3) is 0 Å². The van der Waals surface area contributed by atoms with Gasteiger partial charge in [-0.1, -0.05) is 32.4 Å². The molecule has 0 saturated heterocycles. The highest BCUT2D eigenvalue weighted by atomic mass is 16.5. The van der Waals surface area contributed by atoms with Gasteiger partial charge in [-0.25, -0.2) is 0 Å². The van der Waals surface area contributed by atoms with Gasteiger partial charge in [0.1, 0.15) is 5.75 Å². The van der Waals surface area contributed by atoms with Crippen molar-refractivity contribution in [3.8, 4) is 5.75 Å². The van der Waals surface area contributed by atoms with Crippen molar-refractivity contribution in [3.63, 3.8) is 0 Å². The van der Waals surface area contributed by atoms with Crippen LogP contribution in [0.25, 0.3) is 0 Å². The molecule has 0 amide bonds. The number of nitrogens with two attached hydrogens (primary N) is 2. The third-order valence-corrected chi connectivity index (χ3v) is 11.9. The Morgan fingerprint density at radius 3 is 2.50 bits per heavy atom. The van der Waals surface area contributed by atoms with Crippen LogP contribution in [0.1, 0.15) is 105 Å². The van der Waals surface area contributed by atoms with Gasteiger partial charge in [0.05, 0.1) is 11.8 Å². The predicted octanol–water partition coefficient (Wildman–Crippen LogP) is 8.64. The molecule has 4 aliphatic carbocycles. The summed E-state index contributed by atoms with van der Waals surface area (Å²) in [6.45, 7) is 12.4. The molecular weight excluding hydrogens is 440 g/mol. The summed E-state index contributed by atoms with van der Waals surface area (Å²) in [5.74, 6) is 6.20. The Bertz CT molecular complexity index is 966. The Morgan fingerprint density at radius 2 is 1.75 bits per heavy atom. The average Bonchev–Trinajstić information content (AvgIpc) is 3.18. The van der Waals surface area contributed by atoms with Crippen LogP contribution >= 0.6 is 0 Å². The lowest BCUT2D eigenvalue weighted by atomic mass is 9.44. The van der Waals surface area contributed by atoms with E-state index in [2.05, 4.69) is 40.7 Å². The van der Waals surface area contributed by atoms with Gasteiger partial charge in [-0.15, -0.1) is 0 Å². The van der Waals surface area contributed by atoms with Crippen molar-refractivity contribution in [1.29, 1.82) is 0 Å². The summed E-state index contributed by atoms with van der Waals surface area (Å²) in [5.41, 5.74) is 16.0. The van der Waals surface area contributed by atoms with Crippen molar-refractivity contribution in [3.05, 3.63) is 29.8 Å². The fourth-order valence-corrected chi connectivity index (χ4v) is 9.99. The molecular formula is C33H52N2O. The van der Waals surface area contributed by atoms with Gasteiger partial charge in [-0.3, -0.25) is 0 Å². The number of allylic oxidation sites excluding steroid dienone is 2. The third-order valence-electron chi connectivity index (χ3n) is 11.9. The molecule has 0 aliphatic heterocycles. The molecule has 36 heavy (non-hydrogen) atoms. The molecule has 5 rings (SSSR count). The molecule has 3 nitrogen and oxygen atoms in total. The molecule has 1 aromatic carbocycles. The maximum absolute atomic E-state index is 6.46. The van der Waals surface area contributed by atoms with Gasteiger partial charge in [-0.2, -0.15) is 0 Å². The highest BCUT2D eigenvalue weighted by Gasteiger charge is 2.60. The smallest absolute Gasteiger partial charge is 0.142 e. The van der Waals surface area contributed by atoms with E-state index in [9.17, 15) is 0 Å². The Labute approximate surface area is 220 Å². The summed E-state index contributed by atoms with van der Waals surface area (Å²) in [6, 6.07) is 5.68. The molecule has 8 unspecified atom stereocenters. The SMILES string of the molecule is CC(C)=CCCC(C)[C@@H]1CCC2C3CCC4CC(Oc5ccc(N)cc5N)CCC4(C)C3CCC21C. The second kappa shape index (κ2) is 9.91. The van der Waals surface area contributed by atoms with Gasteiger partial charge in [0.15, 0.2) is 0 Å². The molecule has 4 N–H and O–H groups in total. The zero-order valence-corrected chi connectivity index (χ0v) is 23.7. The first kappa shape index (κ1) is 26.0. The van der Waals surface area contributed by atoms with E-state index >= 15 is 0 Å². The van der Waals surface area contributed by atoms with E-state index in [-0.39, 0.29) is 6.10 Å². The fraction of sp³-hybridized carbons (Fsp3) is 0.758. The Balaban J connectivity index is 1.25. The monoisotopic (exact) mass is 492 g/mol. The zero-order chi connectivity index (χ0) is 25.7. The molecule has 4 fully saturated rings. The maximum Gasteiger partial charge on any atom is 0.142 e. The van der Waals surface area contributed by atoms with Gasteiger partial charge in [0, 0.05) is 5.69 Å². The van der Waals surface area contributed by atoms with Crippen LogP contribution in [0.4, 0.5) is 11.4 Å². The number of rotatable bonds is 6. The summed E-state index contributed by atoms with van der Waals surface area (Å²) in [4.78, 5) is 0. The minimum Gasteiger partial charge on any atom is -0.488 e. The van der Waals surface area contributed by atoms with Crippen molar-refractivity contribution in [1.82, 2.24) is 0 Å². The van der Waals surface area contributed by atoms with Crippen molar-refractivity contribution >= 4 is 11.4 Å². The predicted molar refractivity (Wildman–Crippen MR) is 153 cm³/mol. The lowest BCUT2D eigenvalue weighted by molar-refractivity contribution is -0.126. The van der Waals surface area contributed by atoms with Gasteiger partial charge >= 0.3 is 0 Å². The van der Waals surface area contributed by atoms with Crippen molar-refractivity contribution < 1.29 is 4.74 Å². The molecule has 9 atom stereocenters. The number of nitrogen functional groups attached to an aromatic ring is 2. The standard InChI is InChI=1S/C33H52N2O/c1-21(2)7-6-8-22(3)27-12-13-28-26-11-9-23-19-25(36-31-14-10-24(34)20-30(31)35)15-17-32(23,4)29(26)16-18-33(27,28)5/h7,10,14,20,22-23,25-29H,6,8-9,11-13,15-19,34-35H2,1-5H3/t22?,23?,25?,26?,27-,28?,29?,32?,33?/m0/s1. The molecule has 0 aromatic heterocycles. The van der Waals surface area contributed by atoms with E-state index in [1.807, 2.05) is 18.2 Å². The average molecular weight is 493 g/mol. The number of anilines is 2. The van der Waals surface area contributed by atoms with Crippen LogP contribution in [0, 0.1) is 46.3 Å². The molecule has 0 spiro atoms. The lowest BCUT2D eigenvalue weighted by Gasteiger charge is -2.61. The molecule has 4 saturated carbocycles. The summed E-state index contributed by atoms with van der Waals surface area (Å²) in [5, 5.41) is 0. The quantitative estimate of drug-likeness (QED) is 0.308. The molecule has 1 aromatic rings. The molecule has 0 heterocycles. The normalized spacial score (nSPS) is 40.5. The van der Waals surface area contributed by atoms with Crippen LogP contribution in [0.3, 0.4) is 0 Å². The Morgan fingerprint density at radius 1 is 1.00 bits per heavy atom. The van der Waals surface area contributed by atoms with Gasteiger partial charge in [0.2, 0.25) is 0 Å². The number of hydrogen-bond acceptors (Lipinski definition) is 3. The highest BCUT2D eigenvalue weighted by molar-refractivity contribution is 5.60. The first-order valence-corrected chi connectivity index (χ1v) is 15.1. The van der Waals surface area contributed by atoms with Crippen molar-refractivity contribution in [2.45, 2.75) is 111 Å². The molecule has 200 valence electrons. The van der Waals surface area contributed by atoms with E-state index in [0.717, 1.165) is 47.7 Å². The van der Waals surface area contributed by atoms with Crippen LogP contribution in [-0.4, -0.2) is 6.10 Å². The first-order valence-electron chi connectivity index (χ1n) is 15.1. The van der Waals surface area contributed by atoms with E-state index in [0.29, 0.717) is 22.2 Å². The number of hydrogen-bond donors (Lipinski definition) is 2. The van der Waals surface area contributed by atoms with Crippen LogP contribution in [0.5, 0.6) is 5.75 Å². The lowest BCUT2D eigenvalue weighted by Crippen LogP contribution is -2.54. The minimum atomic E-state index is 0.289. The van der Waals surface area contributed by atoms with E-state index < -0.39 is 0 Å². The van der Waals surface area contributed by atoms with Crippen LogP contribution in [0.15, 0.2) is 29.8 Å². The summed E-state index contributed by atoms with van der Waals surface area (Å²) in [7, 11) is 0. The molecule has 4 aliphatic rings. The minimum absolute atomic E-state index is 0.289. The Kier molecular flexibility index (Phi) is 7.16. The second-order valence-electron chi connectivity index (χ2n) is 14.0. The van der Waals surface area contributed by atoms with Crippen molar-refractivity contribution in [2.24, 2.45) is 46.3 Å². The van der Waals surface area contributed by atoms with E-state index in [1.54, 1.807) is 0 Å². The van der Waals surface area contributed by atoms with Crippen molar-refractivity contribution in [2.75, 3.05) is 11.5 Å². The van der Waals surface area contributed by atoms with Gasteiger partial charge in [-0.05, 0) is 149 Å². The summed E-state index contributed by atoms with van der Waals surface area (Å²) in [6.07, 6.45) is 17.7. The zero-order valence-electron chi connectivity index (χ0n) is 23.7. The fourth-order valence-electron chi connectivity index (χ4n) is 9.99.